The van der Waals surface area contributed by atoms with E-state index in [0.717, 1.165) is 25.8 Å². The van der Waals surface area contributed by atoms with Gasteiger partial charge < -0.3 is 10.1 Å². The molecule has 1 aliphatic heterocycles. The number of halogens is 1. The maximum absolute atomic E-state index is 14.2. The number of piperidine rings is 1. The first kappa shape index (κ1) is 14.0. The lowest BCUT2D eigenvalue weighted by Gasteiger charge is -2.35. The average Bonchev–Trinajstić information content (AvgIpc) is 2.47. The molecule has 0 amide bonds. The van der Waals surface area contributed by atoms with E-state index in [2.05, 4.69) is 5.32 Å². The van der Waals surface area contributed by atoms with Crippen LogP contribution in [0.25, 0.3) is 0 Å². The molecule has 1 aromatic rings. The van der Waals surface area contributed by atoms with E-state index in [-0.39, 0.29) is 17.1 Å². The molecule has 0 saturated carbocycles. The summed E-state index contributed by atoms with van der Waals surface area (Å²) in [7, 11) is 1.41. The molecule has 1 aliphatic rings. The summed E-state index contributed by atoms with van der Waals surface area (Å²) in [6.07, 6.45) is 2.48. The molecule has 3 nitrogen and oxygen atoms in total. The fourth-order valence-corrected chi connectivity index (χ4v) is 2.75. The molecule has 0 aliphatic carbocycles. The predicted molar refractivity (Wildman–Crippen MR) is 72.1 cm³/mol. The highest BCUT2D eigenvalue weighted by Gasteiger charge is 2.39. The van der Waals surface area contributed by atoms with Crippen molar-refractivity contribution in [2.75, 3.05) is 20.2 Å². The molecule has 1 aromatic carbocycles. The van der Waals surface area contributed by atoms with Crippen LogP contribution < -0.4 is 10.1 Å². The summed E-state index contributed by atoms with van der Waals surface area (Å²) in [5.74, 6) is -0.534. The molecule has 0 aromatic heterocycles. The van der Waals surface area contributed by atoms with Gasteiger partial charge in [-0.1, -0.05) is 13.0 Å². The Balaban J connectivity index is 2.37. The number of ether oxygens (including phenoxy) is 1. The van der Waals surface area contributed by atoms with Gasteiger partial charge in [0.05, 0.1) is 12.7 Å². The summed E-state index contributed by atoms with van der Waals surface area (Å²) in [5, 5.41) is 3.25. The minimum atomic E-state index is -0.548. The second kappa shape index (κ2) is 5.70. The SMILES string of the molecule is CCC1(C(=O)c2cccc(OC)c2F)CCCNC1. The second-order valence-electron chi connectivity index (χ2n) is 5.07. The lowest BCUT2D eigenvalue weighted by molar-refractivity contribution is 0.0725. The number of Topliss-reactive ketones (excluding diaryl/α,β-unsaturated/α-hetero) is 1. The molecule has 0 radical (unpaired) electrons. The number of nitrogens with one attached hydrogen (secondary N) is 1. The van der Waals surface area contributed by atoms with E-state index >= 15 is 0 Å². The van der Waals surface area contributed by atoms with E-state index in [4.69, 9.17) is 4.74 Å². The van der Waals surface area contributed by atoms with E-state index in [1.165, 1.54) is 13.2 Å². The van der Waals surface area contributed by atoms with E-state index in [0.29, 0.717) is 6.54 Å². The van der Waals surface area contributed by atoms with Crippen molar-refractivity contribution in [2.45, 2.75) is 26.2 Å². The molecular weight excluding hydrogens is 245 g/mol. The number of hydrogen-bond acceptors (Lipinski definition) is 3. The Morgan fingerprint density at radius 3 is 2.89 bits per heavy atom. The van der Waals surface area contributed by atoms with Gasteiger partial charge in [0.2, 0.25) is 0 Å². The highest BCUT2D eigenvalue weighted by atomic mass is 19.1. The van der Waals surface area contributed by atoms with Gasteiger partial charge in [-0.2, -0.15) is 0 Å². The van der Waals surface area contributed by atoms with Crippen LogP contribution in [-0.2, 0) is 0 Å². The summed E-state index contributed by atoms with van der Waals surface area (Å²) in [6.45, 7) is 3.54. The van der Waals surface area contributed by atoms with Crippen LogP contribution in [-0.4, -0.2) is 26.0 Å². The van der Waals surface area contributed by atoms with Gasteiger partial charge >= 0.3 is 0 Å². The summed E-state index contributed by atoms with van der Waals surface area (Å²) in [4.78, 5) is 12.7. The summed E-state index contributed by atoms with van der Waals surface area (Å²) >= 11 is 0. The topological polar surface area (TPSA) is 38.3 Å². The van der Waals surface area contributed by atoms with Gasteiger partial charge in [-0.3, -0.25) is 4.79 Å². The Kier molecular flexibility index (Phi) is 4.20. The molecule has 4 heteroatoms. The monoisotopic (exact) mass is 265 g/mol. The third-order valence-corrected chi connectivity index (χ3v) is 4.06. The molecule has 0 bridgehead atoms. The smallest absolute Gasteiger partial charge is 0.175 e. The number of rotatable bonds is 4. The number of benzene rings is 1. The van der Waals surface area contributed by atoms with Crippen LogP contribution in [0.1, 0.15) is 36.5 Å². The molecule has 19 heavy (non-hydrogen) atoms. The van der Waals surface area contributed by atoms with Gasteiger partial charge in [0.25, 0.3) is 0 Å². The fraction of sp³-hybridized carbons (Fsp3) is 0.533. The van der Waals surface area contributed by atoms with Crippen molar-refractivity contribution in [3.63, 3.8) is 0 Å². The van der Waals surface area contributed by atoms with Crippen LogP contribution in [0.15, 0.2) is 18.2 Å². The van der Waals surface area contributed by atoms with Crippen LogP contribution in [0.4, 0.5) is 4.39 Å². The number of carbonyl (C=O) groups is 1. The van der Waals surface area contributed by atoms with Crippen molar-refractivity contribution in [2.24, 2.45) is 5.41 Å². The first-order chi connectivity index (χ1) is 9.14. The summed E-state index contributed by atoms with van der Waals surface area (Å²) in [5.41, 5.74) is -0.337. The number of carbonyl (C=O) groups excluding carboxylic acids is 1. The van der Waals surface area contributed by atoms with Crippen LogP contribution in [0.3, 0.4) is 0 Å². The molecule has 0 spiro atoms. The number of hydrogen-bond donors (Lipinski definition) is 1. The van der Waals surface area contributed by atoms with Gasteiger partial charge in [0, 0.05) is 12.0 Å². The summed E-state index contributed by atoms with van der Waals surface area (Å²) in [6, 6.07) is 4.74. The van der Waals surface area contributed by atoms with Crippen LogP contribution in [0, 0.1) is 11.2 Å². The predicted octanol–water partition coefficient (Wildman–Crippen LogP) is 2.80. The van der Waals surface area contributed by atoms with Gasteiger partial charge in [-0.05, 0) is 37.9 Å². The maximum Gasteiger partial charge on any atom is 0.175 e. The lowest BCUT2D eigenvalue weighted by Crippen LogP contribution is -2.45. The van der Waals surface area contributed by atoms with Crippen LogP contribution >= 0.6 is 0 Å². The van der Waals surface area contributed by atoms with Crippen LogP contribution in [0.5, 0.6) is 5.75 Å². The molecule has 1 unspecified atom stereocenters. The summed E-state index contributed by atoms with van der Waals surface area (Å²) < 4.78 is 19.2. The molecule has 1 fully saturated rings. The standard InChI is InChI=1S/C15H20FNO2/c1-3-15(8-5-9-17-10-15)14(18)11-6-4-7-12(19-2)13(11)16/h4,6-7,17H,3,5,8-10H2,1-2H3. The first-order valence-electron chi connectivity index (χ1n) is 6.72. The van der Waals surface area contributed by atoms with Crippen molar-refractivity contribution in [3.05, 3.63) is 29.6 Å². The Bertz CT molecular complexity index is 467. The van der Waals surface area contributed by atoms with Crippen LogP contribution in [0.2, 0.25) is 0 Å². The van der Waals surface area contributed by atoms with Crippen molar-refractivity contribution < 1.29 is 13.9 Å². The average molecular weight is 265 g/mol. The Hall–Kier alpha value is -1.42. The molecule has 1 atom stereocenters. The normalized spacial score (nSPS) is 23.1. The van der Waals surface area contributed by atoms with Gasteiger partial charge in [-0.25, -0.2) is 4.39 Å². The fourth-order valence-electron chi connectivity index (χ4n) is 2.75. The quantitative estimate of drug-likeness (QED) is 0.851. The maximum atomic E-state index is 14.2. The molecular formula is C15H20FNO2. The van der Waals surface area contributed by atoms with E-state index < -0.39 is 11.2 Å². The van der Waals surface area contributed by atoms with Crippen molar-refractivity contribution in [1.29, 1.82) is 0 Å². The molecule has 104 valence electrons. The van der Waals surface area contributed by atoms with E-state index in [9.17, 15) is 9.18 Å². The van der Waals surface area contributed by atoms with Crippen molar-refractivity contribution in [1.82, 2.24) is 5.32 Å². The lowest BCUT2D eigenvalue weighted by atomic mass is 9.72. The Labute approximate surface area is 113 Å². The Morgan fingerprint density at radius 2 is 2.32 bits per heavy atom. The molecule has 1 saturated heterocycles. The third-order valence-electron chi connectivity index (χ3n) is 4.06. The zero-order valence-electron chi connectivity index (χ0n) is 11.5. The highest BCUT2D eigenvalue weighted by Crippen LogP contribution is 2.35. The van der Waals surface area contributed by atoms with Gasteiger partial charge in [-0.15, -0.1) is 0 Å². The van der Waals surface area contributed by atoms with Crippen molar-refractivity contribution in [3.8, 4) is 5.75 Å². The zero-order valence-corrected chi connectivity index (χ0v) is 11.5. The van der Waals surface area contributed by atoms with Gasteiger partial charge in [0.15, 0.2) is 17.3 Å². The number of methoxy groups -OCH3 is 1. The first-order valence-corrected chi connectivity index (χ1v) is 6.72. The largest absolute Gasteiger partial charge is 0.494 e. The molecule has 1 heterocycles. The highest BCUT2D eigenvalue weighted by molar-refractivity contribution is 6.01. The zero-order chi connectivity index (χ0) is 13.9. The van der Waals surface area contributed by atoms with Gasteiger partial charge in [0.1, 0.15) is 0 Å². The third kappa shape index (κ3) is 2.50. The van der Waals surface area contributed by atoms with Crippen molar-refractivity contribution >= 4 is 5.78 Å². The molecule has 2 rings (SSSR count). The molecule has 1 N–H and O–H groups in total. The minimum Gasteiger partial charge on any atom is -0.494 e. The second-order valence-corrected chi connectivity index (χ2v) is 5.07. The van der Waals surface area contributed by atoms with E-state index in [1.807, 2.05) is 6.92 Å². The minimum absolute atomic E-state index is 0.112. The van der Waals surface area contributed by atoms with E-state index in [1.54, 1.807) is 12.1 Å². The Morgan fingerprint density at radius 1 is 1.53 bits per heavy atom. The number of ketones is 1.